The van der Waals surface area contributed by atoms with Crippen LogP contribution < -0.4 is 4.74 Å². The Labute approximate surface area is 177 Å². The third kappa shape index (κ3) is 3.86. The fourth-order valence-corrected chi connectivity index (χ4v) is 3.28. The number of ketones is 1. The average Bonchev–Trinajstić information content (AvgIpc) is 2.79. The number of carboxylic acid groups (broad SMARTS) is 1. The van der Waals surface area contributed by atoms with E-state index in [2.05, 4.69) is 0 Å². The van der Waals surface area contributed by atoms with Crippen LogP contribution in [0.5, 0.6) is 11.5 Å². The Balaban J connectivity index is 1.56. The minimum Gasteiger partial charge on any atom is -0.506 e. The summed E-state index contributed by atoms with van der Waals surface area (Å²) in [6, 6.07) is 22.0. The van der Waals surface area contributed by atoms with E-state index in [4.69, 9.17) is 4.74 Å². The van der Waals surface area contributed by atoms with Crippen LogP contribution in [0.15, 0.2) is 84.9 Å². The number of fused-ring (bicyclic) bond motifs is 1. The summed E-state index contributed by atoms with van der Waals surface area (Å²) in [4.78, 5) is 36.6. The Morgan fingerprint density at radius 2 is 1.32 bits per heavy atom. The first-order valence-corrected chi connectivity index (χ1v) is 9.35. The molecule has 0 saturated carbocycles. The Bertz CT molecular complexity index is 1320. The van der Waals surface area contributed by atoms with Gasteiger partial charge in [0.2, 0.25) is 0 Å². The van der Waals surface area contributed by atoms with Crippen LogP contribution in [0.25, 0.3) is 10.8 Å². The normalized spacial score (nSPS) is 10.6. The van der Waals surface area contributed by atoms with Gasteiger partial charge in [-0.25, -0.2) is 9.59 Å². The number of benzene rings is 4. The van der Waals surface area contributed by atoms with E-state index in [0.29, 0.717) is 5.39 Å². The fourth-order valence-electron chi connectivity index (χ4n) is 3.28. The number of phenols is 1. The highest BCUT2D eigenvalue weighted by Crippen LogP contribution is 2.29. The predicted molar refractivity (Wildman–Crippen MR) is 114 cm³/mol. The molecule has 31 heavy (non-hydrogen) atoms. The lowest BCUT2D eigenvalue weighted by atomic mass is 9.98. The molecule has 4 rings (SSSR count). The zero-order valence-corrected chi connectivity index (χ0v) is 16.1. The van der Waals surface area contributed by atoms with Gasteiger partial charge in [-0.2, -0.15) is 0 Å². The van der Waals surface area contributed by atoms with E-state index >= 15 is 0 Å². The Morgan fingerprint density at radius 1 is 0.677 bits per heavy atom. The number of phenolic OH excluding ortho intramolecular Hbond substituents is 1. The lowest BCUT2D eigenvalue weighted by molar-refractivity contribution is 0.0690. The average molecular weight is 412 g/mol. The number of aromatic hydroxyl groups is 1. The van der Waals surface area contributed by atoms with Crippen molar-refractivity contribution >= 4 is 28.5 Å². The number of carbonyl (C=O) groups excluding carboxylic acids is 2. The maximum Gasteiger partial charge on any atom is 0.347 e. The zero-order valence-electron chi connectivity index (χ0n) is 16.1. The second-order valence-electron chi connectivity index (χ2n) is 6.78. The predicted octanol–water partition coefficient (Wildman–Crippen LogP) is 4.69. The number of ether oxygens (including phenoxy) is 1. The van der Waals surface area contributed by atoms with Crippen LogP contribution >= 0.6 is 0 Å². The van der Waals surface area contributed by atoms with Crippen molar-refractivity contribution in [1.82, 2.24) is 0 Å². The topological polar surface area (TPSA) is 101 Å². The molecule has 0 heterocycles. The van der Waals surface area contributed by atoms with Crippen molar-refractivity contribution in [3.63, 3.8) is 0 Å². The Kier molecular flexibility index (Phi) is 5.20. The van der Waals surface area contributed by atoms with Gasteiger partial charge in [-0.1, -0.05) is 48.5 Å². The molecule has 0 aliphatic carbocycles. The molecule has 0 aliphatic heterocycles. The van der Waals surface area contributed by atoms with Gasteiger partial charge in [0.15, 0.2) is 5.78 Å². The molecule has 0 bridgehead atoms. The summed E-state index contributed by atoms with van der Waals surface area (Å²) in [5, 5.41) is 21.0. The van der Waals surface area contributed by atoms with Gasteiger partial charge in [0.1, 0.15) is 17.1 Å². The number of aromatic carboxylic acids is 1. The van der Waals surface area contributed by atoms with Crippen LogP contribution in [0.4, 0.5) is 0 Å². The van der Waals surface area contributed by atoms with Crippen LogP contribution in [0.3, 0.4) is 0 Å². The van der Waals surface area contributed by atoms with E-state index < -0.39 is 17.7 Å². The van der Waals surface area contributed by atoms with Gasteiger partial charge in [0.25, 0.3) is 0 Å². The van der Waals surface area contributed by atoms with Crippen LogP contribution in [-0.4, -0.2) is 27.9 Å². The van der Waals surface area contributed by atoms with Crippen molar-refractivity contribution in [3.05, 3.63) is 107 Å². The van der Waals surface area contributed by atoms with E-state index in [0.717, 1.165) is 5.39 Å². The molecule has 6 nitrogen and oxygen atoms in total. The van der Waals surface area contributed by atoms with Crippen molar-refractivity contribution in [2.75, 3.05) is 0 Å². The standard InChI is InChI=1S/C25H16O6/c26-22(19-7-3-4-8-20(19)24(28)29)16-9-12-17(13-10-16)31-25(30)21-14-11-15-5-1-2-6-18(15)23(21)27/h1-14,27H,(H,28,29). The van der Waals surface area contributed by atoms with Gasteiger partial charge in [-0.15, -0.1) is 0 Å². The Morgan fingerprint density at radius 3 is 2.03 bits per heavy atom. The lowest BCUT2D eigenvalue weighted by Crippen LogP contribution is -2.10. The number of hydrogen-bond acceptors (Lipinski definition) is 5. The molecule has 0 amide bonds. The van der Waals surface area contributed by atoms with Crippen molar-refractivity contribution < 1.29 is 29.3 Å². The molecule has 0 unspecified atom stereocenters. The maximum absolute atomic E-state index is 12.7. The molecule has 0 saturated heterocycles. The molecular weight excluding hydrogens is 396 g/mol. The number of rotatable bonds is 5. The van der Waals surface area contributed by atoms with E-state index in [1.165, 1.54) is 42.5 Å². The SMILES string of the molecule is O=C(O)c1ccccc1C(=O)c1ccc(OC(=O)c2ccc3ccccc3c2O)cc1. The quantitative estimate of drug-likeness (QED) is 0.280. The van der Waals surface area contributed by atoms with Crippen molar-refractivity contribution in [3.8, 4) is 11.5 Å². The number of esters is 1. The third-order valence-electron chi connectivity index (χ3n) is 4.85. The third-order valence-corrected chi connectivity index (χ3v) is 4.85. The molecule has 6 heteroatoms. The molecule has 0 spiro atoms. The molecule has 4 aromatic rings. The van der Waals surface area contributed by atoms with Crippen molar-refractivity contribution in [2.45, 2.75) is 0 Å². The van der Waals surface area contributed by atoms with E-state index in [1.54, 1.807) is 30.3 Å². The van der Waals surface area contributed by atoms with Crippen molar-refractivity contribution in [2.24, 2.45) is 0 Å². The summed E-state index contributed by atoms with van der Waals surface area (Å²) in [5.74, 6) is -2.37. The van der Waals surface area contributed by atoms with Gasteiger partial charge in [0.05, 0.1) is 5.56 Å². The molecule has 0 radical (unpaired) electrons. The van der Waals surface area contributed by atoms with Gasteiger partial charge < -0.3 is 14.9 Å². The first kappa shape index (κ1) is 19.8. The molecule has 2 N–H and O–H groups in total. The highest BCUT2D eigenvalue weighted by Gasteiger charge is 2.19. The fraction of sp³-hybridized carbons (Fsp3) is 0. The van der Waals surface area contributed by atoms with Crippen LogP contribution in [0.2, 0.25) is 0 Å². The lowest BCUT2D eigenvalue weighted by Gasteiger charge is -2.09. The van der Waals surface area contributed by atoms with Crippen LogP contribution in [0, 0.1) is 0 Å². The largest absolute Gasteiger partial charge is 0.506 e. The second kappa shape index (κ2) is 8.12. The van der Waals surface area contributed by atoms with E-state index in [-0.39, 0.29) is 33.8 Å². The smallest absolute Gasteiger partial charge is 0.347 e. The number of carbonyl (C=O) groups is 3. The Hall–Kier alpha value is -4.45. The molecule has 0 atom stereocenters. The molecule has 152 valence electrons. The van der Waals surface area contributed by atoms with Gasteiger partial charge in [0, 0.05) is 16.5 Å². The summed E-state index contributed by atoms with van der Waals surface area (Å²) in [5.41, 5.74) is 0.256. The van der Waals surface area contributed by atoms with Gasteiger partial charge in [-0.05, 0) is 41.8 Å². The summed E-state index contributed by atoms with van der Waals surface area (Å²) in [6.07, 6.45) is 0. The van der Waals surface area contributed by atoms with Crippen LogP contribution in [0.1, 0.15) is 36.6 Å². The first-order valence-electron chi connectivity index (χ1n) is 9.35. The van der Waals surface area contributed by atoms with Crippen molar-refractivity contribution in [1.29, 1.82) is 0 Å². The summed E-state index contributed by atoms with van der Waals surface area (Å²) in [7, 11) is 0. The monoisotopic (exact) mass is 412 g/mol. The van der Waals surface area contributed by atoms with E-state index in [1.807, 2.05) is 12.1 Å². The van der Waals surface area contributed by atoms with E-state index in [9.17, 15) is 24.6 Å². The maximum atomic E-state index is 12.7. The van der Waals surface area contributed by atoms with Gasteiger partial charge >= 0.3 is 11.9 Å². The second-order valence-corrected chi connectivity index (χ2v) is 6.78. The summed E-state index contributed by atoms with van der Waals surface area (Å²) < 4.78 is 5.33. The number of hydrogen-bond donors (Lipinski definition) is 2. The molecular formula is C25H16O6. The highest BCUT2D eigenvalue weighted by atomic mass is 16.5. The summed E-state index contributed by atoms with van der Waals surface area (Å²) >= 11 is 0. The minimum absolute atomic E-state index is 0.0224. The minimum atomic E-state index is -1.19. The highest BCUT2D eigenvalue weighted by molar-refractivity contribution is 6.14. The molecule has 0 aromatic heterocycles. The zero-order chi connectivity index (χ0) is 22.0. The van der Waals surface area contributed by atoms with Crippen LogP contribution in [-0.2, 0) is 0 Å². The van der Waals surface area contributed by atoms with Gasteiger partial charge in [-0.3, -0.25) is 4.79 Å². The summed E-state index contributed by atoms with van der Waals surface area (Å²) in [6.45, 7) is 0. The first-order chi connectivity index (χ1) is 15.0. The number of carboxylic acids is 1. The molecule has 0 fully saturated rings. The molecule has 0 aliphatic rings. The molecule has 4 aromatic carbocycles.